The topological polar surface area (TPSA) is 64.3 Å². The first-order chi connectivity index (χ1) is 9.51. The van der Waals surface area contributed by atoms with Crippen LogP contribution < -0.4 is 15.8 Å². The highest BCUT2D eigenvalue weighted by molar-refractivity contribution is 6.31. The summed E-state index contributed by atoms with van der Waals surface area (Å²) in [7, 11) is 1.56. The SMILES string of the molecule is COc1cc(Cl)c(C)cc1NC(=O)C1CCCC(N)C1.Cl. The van der Waals surface area contributed by atoms with Crippen molar-refractivity contribution >= 4 is 35.6 Å². The summed E-state index contributed by atoms with van der Waals surface area (Å²) < 4.78 is 5.27. The Morgan fingerprint density at radius 2 is 2.14 bits per heavy atom. The van der Waals surface area contributed by atoms with E-state index in [1.165, 1.54) is 0 Å². The minimum absolute atomic E-state index is 0. The van der Waals surface area contributed by atoms with Crippen molar-refractivity contribution in [1.29, 1.82) is 0 Å². The lowest BCUT2D eigenvalue weighted by Gasteiger charge is -2.26. The summed E-state index contributed by atoms with van der Waals surface area (Å²) in [6, 6.07) is 3.69. The van der Waals surface area contributed by atoms with Crippen LogP contribution in [-0.4, -0.2) is 19.1 Å². The summed E-state index contributed by atoms with van der Waals surface area (Å²) in [4.78, 5) is 12.3. The normalized spacial score (nSPS) is 21.3. The molecule has 2 unspecified atom stereocenters. The van der Waals surface area contributed by atoms with Gasteiger partial charge in [0.25, 0.3) is 0 Å². The number of benzene rings is 1. The zero-order chi connectivity index (χ0) is 14.7. The number of nitrogens with one attached hydrogen (secondary N) is 1. The van der Waals surface area contributed by atoms with Gasteiger partial charge in [0.05, 0.1) is 12.8 Å². The van der Waals surface area contributed by atoms with Gasteiger partial charge in [0.15, 0.2) is 0 Å². The van der Waals surface area contributed by atoms with E-state index >= 15 is 0 Å². The Labute approximate surface area is 136 Å². The maximum Gasteiger partial charge on any atom is 0.227 e. The van der Waals surface area contributed by atoms with Crippen molar-refractivity contribution in [2.24, 2.45) is 11.7 Å². The van der Waals surface area contributed by atoms with Gasteiger partial charge in [-0.3, -0.25) is 4.79 Å². The zero-order valence-corrected chi connectivity index (χ0v) is 13.9. The van der Waals surface area contributed by atoms with E-state index in [-0.39, 0.29) is 30.3 Å². The van der Waals surface area contributed by atoms with Gasteiger partial charge in [-0.15, -0.1) is 12.4 Å². The van der Waals surface area contributed by atoms with Crippen molar-refractivity contribution in [2.45, 2.75) is 38.6 Å². The van der Waals surface area contributed by atoms with Crippen LogP contribution in [-0.2, 0) is 4.79 Å². The maximum absolute atomic E-state index is 12.3. The number of hydrogen-bond acceptors (Lipinski definition) is 3. The number of anilines is 1. The molecule has 2 rings (SSSR count). The Morgan fingerprint density at radius 3 is 2.76 bits per heavy atom. The number of carbonyl (C=O) groups is 1. The molecule has 0 bridgehead atoms. The molecule has 21 heavy (non-hydrogen) atoms. The van der Waals surface area contributed by atoms with Crippen LogP contribution in [0.1, 0.15) is 31.2 Å². The van der Waals surface area contributed by atoms with Crippen LogP contribution in [0.4, 0.5) is 5.69 Å². The highest BCUT2D eigenvalue weighted by Crippen LogP contribution is 2.32. The van der Waals surface area contributed by atoms with Gasteiger partial charge in [0.2, 0.25) is 5.91 Å². The number of halogens is 2. The first kappa shape index (κ1) is 18.1. The summed E-state index contributed by atoms with van der Waals surface area (Å²) in [6.45, 7) is 1.90. The standard InChI is InChI=1S/C15H21ClN2O2.ClH/c1-9-6-13(14(20-2)8-12(9)16)18-15(19)10-4-3-5-11(17)7-10;/h6,8,10-11H,3-5,7,17H2,1-2H3,(H,18,19);1H. The van der Waals surface area contributed by atoms with Crippen LogP contribution >= 0.6 is 24.0 Å². The van der Waals surface area contributed by atoms with Gasteiger partial charge in [0, 0.05) is 23.0 Å². The quantitative estimate of drug-likeness (QED) is 0.889. The maximum atomic E-state index is 12.3. The third kappa shape index (κ3) is 4.50. The lowest BCUT2D eigenvalue weighted by Crippen LogP contribution is -2.34. The van der Waals surface area contributed by atoms with Crippen molar-refractivity contribution in [3.8, 4) is 5.75 Å². The number of amides is 1. The first-order valence-corrected chi connectivity index (χ1v) is 7.29. The predicted molar refractivity (Wildman–Crippen MR) is 88.6 cm³/mol. The number of aryl methyl sites for hydroxylation is 1. The van der Waals surface area contributed by atoms with Crippen LogP contribution in [0, 0.1) is 12.8 Å². The average Bonchev–Trinajstić information content (AvgIpc) is 2.42. The Hall–Kier alpha value is -0.970. The van der Waals surface area contributed by atoms with Gasteiger partial charge < -0.3 is 15.8 Å². The fourth-order valence-corrected chi connectivity index (χ4v) is 2.78. The van der Waals surface area contributed by atoms with E-state index in [1.807, 2.05) is 13.0 Å². The largest absolute Gasteiger partial charge is 0.495 e. The van der Waals surface area contributed by atoms with Crippen LogP contribution in [0.2, 0.25) is 5.02 Å². The van der Waals surface area contributed by atoms with Gasteiger partial charge >= 0.3 is 0 Å². The molecule has 6 heteroatoms. The van der Waals surface area contributed by atoms with Gasteiger partial charge in [-0.2, -0.15) is 0 Å². The summed E-state index contributed by atoms with van der Waals surface area (Å²) in [5, 5.41) is 3.57. The van der Waals surface area contributed by atoms with E-state index < -0.39 is 0 Å². The molecule has 0 aliphatic heterocycles. The summed E-state index contributed by atoms with van der Waals surface area (Å²) in [5.74, 6) is 0.577. The van der Waals surface area contributed by atoms with Gasteiger partial charge in [0.1, 0.15) is 5.75 Å². The lowest BCUT2D eigenvalue weighted by atomic mass is 9.85. The fourth-order valence-electron chi connectivity index (χ4n) is 2.63. The Bertz CT molecular complexity index is 509. The third-order valence-electron chi connectivity index (χ3n) is 3.82. The van der Waals surface area contributed by atoms with Crippen molar-refractivity contribution in [2.75, 3.05) is 12.4 Å². The van der Waals surface area contributed by atoms with E-state index in [0.717, 1.165) is 31.2 Å². The third-order valence-corrected chi connectivity index (χ3v) is 4.23. The molecule has 1 fully saturated rings. The molecule has 118 valence electrons. The molecule has 0 aromatic heterocycles. The van der Waals surface area contributed by atoms with E-state index in [9.17, 15) is 4.79 Å². The molecule has 0 heterocycles. The zero-order valence-electron chi connectivity index (χ0n) is 12.3. The molecule has 1 aromatic carbocycles. The number of nitrogens with two attached hydrogens (primary N) is 1. The van der Waals surface area contributed by atoms with Gasteiger partial charge in [-0.05, 0) is 37.8 Å². The number of rotatable bonds is 3. The smallest absolute Gasteiger partial charge is 0.227 e. The molecule has 0 spiro atoms. The fraction of sp³-hybridized carbons (Fsp3) is 0.533. The number of methoxy groups -OCH3 is 1. The Morgan fingerprint density at radius 1 is 1.43 bits per heavy atom. The predicted octanol–water partition coefficient (Wildman–Crippen LogP) is 3.53. The van der Waals surface area contributed by atoms with Crippen LogP contribution in [0.5, 0.6) is 5.75 Å². The molecule has 0 saturated heterocycles. The molecule has 0 radical (unpaired) electrons. The molecule has 1 amide bonds. The number of hydrogen-bond donors (Lipinski definition) is 2. The molecule has 3 N–H and O–H groups in total. The van der Waals surface area contributed by atoms with Gasteiger partial charge in [-0.1, -0.05) is 18.0 Å². The minimum atomic E-state index is -0.0144. The van der Waals surface area contributed by atoms with E-state index in [1.54, 1.807) is 13.2 Å². The van der Waals surface area contributed by atoms with Crippen molar-refractivity contribution in [1.82, 2.24) is 0 Å². The highest BCUT2D eigenvalue weighted by atomic mass is 35.5. The molecule has 4 nitrogen and oxygen atoms in total. The van der Waals surface area contributed by atoms with Crippen molar-refractivity contribution < 1.29 is 9.53 Å². The van der Waals surface area contributed by atoms with Crippen LogP contribution in [0.3, 0.4) is 0 Å². The number of ether oxygens (including phenoxy) is 1. The van der Waals surface area contributed by atoms with E-state index in [4.69, 9.17) is 22.1 Å². The lowest BCUT2D eigenvalue weighted by molar-refractivity contribution is -0.120. The molecular weight excluding hydrogens is 311 g/mol. The molecule has 1 aliphatic carbocycles. The first-order valence-electron chi connectivity index (χ1n) is 6.92. The molecule has 1 aliphatic rings. The van der Waals surface area contributed by atoms with Crippen LogP contribution in [0.15, 0.2) is 12.1 Å². The summed E-state index contributed by atoms with van der Waals surface area (Å²) in [6.07, 6.45) is 3.67. The second kappa shape index (κ2) is 7.87. The van der Waals surface area contributed by atoms with E-state index in [0.29, 0.717) is 16.5 Å². The second-order valence-corrected chi connectivity index (χ2v) is 5.82. The Kier molecular flexibility index (Phi) is 6.78. The monoisotopic (exact) mass is 332 g/mol. The molecule has 2 atom stereocenters. The molecule has 1 aromatic rings. The second-order valence-electron chi connectivity index (χ2n) is 5.41. The van der Waals surface area contributed by atoms with Gasteiger partial charge in [-0.25, -0.2) is 0 Å². The molecule has 1 saturated carbocycles. The van der Waals surface area contributed by atoms with Crippen molar-refractivity contribution in [3.05, 3.63) is 22.7 Å². The number of carbonyl (C=O) groups excluding carboxylic acids is 1. The average molecular weight is 333 g/mol. The van der Waals surface area contributed by atoms with Crippen LogP contribution in [0.25, 0.3) is 0 Å². The summed E-state index contributed by atoms with van der Waals surface area (Å²) in [5.41, 5.74) is 7.51. The highest BCUT2D eigenvalue weighted by Gasteiger charge is 2.26. The Balaban J connectivity index is 0.00000220. The summed E-state index contributed by atoms with van der Waals surface area (Å²) >= 11 is 6.06. The van der Waals surface area contributed by atoms with Crippen molar-refractivity contribution in [3.63, 3.8) is 0 Å². The minimum Gasteiger partial charge on any atom is -0.495 e. The molecular formula is C15H22Cl2N2O2. The van der Waals surface area contributed by atoms with E-state index in [2.05, 4.69) is 5.32 Å².